The topological polar surface area (TPSA) is 276 Å². The van der Waals surface area contributed by atoms with E-state index in [1.54, 1.807) is 48.7 Å². The summed E-state index contributed by atoms with van der Waals surface area (Å²) in [7, 11) is -6.58. The Hall–Kier alpha value is -12.2. The van der Waals surface area contributed by atoms with E-state index in [4.69, 9.17) is 14.9 Å². The molecule has 1 aromatic heterocycles. The van der Waals surface area contributed by atoms with Gasteiger partial charge < -0.3 is 35.3 Å². The van der Waals surface area contributed by atoms with Gasteiger partial charge in [0.2, 0.25) is 32.7 Å². The van der Waals surface area contributed by atoms with Crippen LogP contribution in [0.2, 0.25) is 0 Å². The van der Waals surface area contributed by atoms with Crippen LogP contribution >= 0.6 is 0 Å². The number of hydrogen-bond acceptors (Lipinski definition) is 15. The van der Waals surface area contributed by atoms with Crippen molar-refractivity contribution in [3.8, 4) is 33.9 Å². The number of piperidine rings is 1. The number of aromatic nitrogens is 3. The number of nitrogens with zero attached hydrogens (tertiary/aromatic N) is 8. The number of fused-ring (bicyclic) bond motifs is 6. The van der Waals surface area contributed by atoms with E-state index in [9.17, 15) is 32.1 Å². The van der Waals surface area contributed by atoms with Gasteiger partial charge in [0.15, 0.2) is 35.4 Å². The fourth-order valence-corrected chi connectivity index (χ4v) is 20.7. The highest BCUT2D eigenvalue weighted by atomic mass is 32.2. The summed E-state index contributed by atoms with van der Waals surface area (Å²) in [6, 6.07) is 54.9. The summed E-state index contributed by atoms with van der Waals surface area (Å²) in [6.07, 6.45) is 17.8. The van der Waals surface area contributed by atoms with Gasteiger partial charge in [0, 0.05) is 149 Å². The lowest BCUT2D eigenvalue weighted by Crippen LogP contribution is -2.43. The third kappa shape index (κ3) is 18.0. The molecule has 22 nitrogen and oxygen atoms in total. The number of nitrogens with two attached hydrogens (primary N) is 1. The molecule has 1 saturated heterocycles. The Labute approximate surface area is 727 Å². The van der Waals surface area contributed by atoms with E-state index in [-0.39, 0.29) is 89.8 Å². The molecule has 644 valence electrons. The predicted octanol–water partition coefficient (Wildman–Crippen LogP) is 16.1. The Balaban J connectivity index is 0.499. The molecule has 1 atom stereocenters. The zero-order chi connectivity index (χ0) is 87.6. The predicted molar refractivity (Wildman–Crippen MR) is 481 cm³/mol. The number of halogens is 2. The molecule has 0 saturated carbocycles. The lowest BCUT2D eigenvalue weighted by Gasteiger charge is -2.31. The summed E-state index contributed by atoms with van der Waals surface area (Å²) in [6.45, 7) is 12.7. The van der Waals surface area contributed by atoms with Crippen LogP contribution in [0.3, 0.4) is 0 Å². The maximum atomic E-state index is 15.9. The molecule has 9 aromatic rings. The van der Waals surface area contributed by atoms with Crippen LogP contribution in [0.4, 0.5) is 37.2 Å². The molecule has 5 N–H and O–H groups in total. The molecule has 16 rings (SSSR count). The molecule has 8 aromatic carbocycles. The molecule has 0 unspecified atom stereocenters. The van der Waals surface area contributed by atoms with Gasteiger partial charge in [-0.3, -0.25) is 23.7 Å². The number of carbonyl (C=O) groups is 4. The molecule has 7 heterocycles. The second-order valence-electron chi connectivity index (χ2n) is 34.1. The van der Waals surface area contributed by atoms with Crippen molar-refractivity contribution < 1.29 is 63.1 Å². The number of carbonyl (C=O) groups excluding carboxylic acids is 4. The van der Waals surface area contributed by atoms with E-state index in [2.05, 4.69) is 141 Å². The van der Waals surface area contributed by atoms with Crippen molar-refractivity contribution in [3.05, 3.63) is 286 Å². The third-order valence-electron chi connectivity index (χ3n) is 25.2. The first-order chi connectivity index (χ1) is 60.1. The lowest BCUT2D eigenvalue weighted by molar-refractivity contribution is -0.401. The van der Waals surface area contributed by atoms with E-state index < -0.39 is 73.2 Å². The molecule has 0 spiro atoms. The van der Waals surface area contributed by atoms with E-state index in [0.29, 0.717) is 60.5 Å². The van der Waals surface area contributed by atoms with Crippen molar-refractivity contribution in [1.29, 1.82) is 0 Å². The maximum absolute atomic E-state index is 15.9. The van der Waals surface area contributed by atoms with Crippen molar-refractivity contribution in [3.63, 3.8) is 0 Å². The Morgan fingerprint density at radius 3 is 2.29 bits per heavy atom. The lowest BCUT2D eigenvalue weighted by atomic mass is 9.81. The Kier molecular flexibility index (Phi) is 25.0. The normalized spacial score (nSPS) is 16.7. The molecule has 7 aliphatic rings. The SMILES string of the molecule is Cc1ccc2c(c1)CC[N+]2=c1ccc2c(-c3ccccc3S(=O)(=O)N3CCC(C(=O)CCc4cc(F)c(OCC(=O)[C@H](CCCCN)NC(=O)c5cccc(-n6cc(CNC(=O)CCCCCN7\C(=C/C=C/C=C/C8=[N+](C)c9ccc(S(=O)(=O)O)cc9C8(C)C)C(C)(C)c8ccccc87)nn6)c5)c(F)c4)CC3)c3ccc(N4CCc5ccccc54)cc3oc-2c1. The van der Waals surface area contributed by atoms with Gasteiger partial charge in [-0.15, -0.1) is 5.10 Å². The van der Waals surface area contributed by atoms with Gasteiger partial charge >= 0.3 is 0 Å². The largest absolute Gasteiger partial charge is 0.480 e. The number of para-hydroxylation sites is 2. The van der Waals surface area contributed by atoms with Crippen molar-refractivity contribution in [2.24, 2.45) is 11.7 Å². The summed E-state index contributed by atoms with van der Waals surface area (Å²) < 4.78 is 116. The summed E-state index contributed by atoms with van der Waals surface area (Å²) in [5, 5.41) is 16.0. The zero-order valence-corrected chi connectivity index (χ0v) is 72.7. The number of Topliss-reactive ketones (excluding diaryl/α,β-unsaturated/α-hetero) is 2. The second kappa shape index (κ2) is 36.2. The number of benzene rings is 9. The van der Waals surface area contributed by atoms with Crippen LogP contribution in [0.15, 0.2) is 238 Å². The smallest absolute Gasteiger partial charge is 0.294 e. The second-order valence-corrected chi connectivity index (χ2v) is 37.4. The zero-order valence-electron chi connectivity index (χ0n) is 71.0. The van der Waals surface area contributed by atoms with Gasteiger partial charge in [-0.05, 0) is 193 Å². The van der Waals surface area contributed by atoms with Crippen LogP contribution in [0.1, 0.15) is 141 Å². The molecular formula is C99H103F2N11O11S2+2. The highest BCUT2D eigenvalue weighted by Crippen LogP contribution is 2.49. The average molecular weight is 1730 g/mol. The number of aryl methyl sites for hydroxylation is 2. The summed E-state index contributed by atoms with van der Waals surface area (Å²) in [5.41, 5.74) is 22.1. The van der Waals surface area contributed by atoms with Crippen molar-refractivity contribution >= 4 is 88.6 Å². The Morgan fingerprint density at radius 2 is 1.49 bits per heavy atom. The monoisotopic (exact) mass is 1720 g/mol. The number of ketones is 2. The minimum Gasteiger partial charge on any atom is -0.480 e. The van der Waals surface area contributed by atoms with Crippen LogP contribution in [-0.2, 0) is 71.2 Å². The van der Waals surface area contributed by atoms with Crippen LogP contribution in [-0.4, -0.2) is 133 Å². The van der Waals surface area contributed by atoms with Crippen LogP contribution < -0.4 is 40.8 Å². The number of amides is 2. The van der Waals surface area contributed by atoms with E-state index in [1.807, 2.05) is 86.2 Å². The number of anilines is 3. The summed E-state index contributed by atoms with van der Waals surface area (Å²) >= 11 is 0. The first-order valence-corrected chi connectivity index (χ1v) is 45.8. The Morgan fingerprint density at radius 1 is 0.720 bits per heavy atom. The molecule has 1 fully saturated rings. The Bertz CT molecular complexity index is 6470. The van der Waals surface area contributed by atoms with E-state index in [1.165, 1.54) is 43.4 Å². The quantitative estimate of drug-likeness (QED) is 0.0103. The van der Waals surface area contributed by atoms with Gasteiger partial charge in [-0.25, -0.2) is 21.9 Å². The number of hydrogen-bond donors (Lipinski definition) is 4. The molecule has 0 radical (unpaired) electrons. The molecule has 125 heavy (non-hydrogen) atoms. The van der Waals surface area contributed by atoms with Gasteiger partial charge in [-0.1, -0.05) is 116 Å². The van der Waals surface area contributed by atoms with Gasteiger partial charge in [0.25, 0.3) is 16.0 Å². The third-order valence-corrected chi connectivity index (χ3v) is 28.0. The number of sulfonamides is 1. The van der Waals surface area contributed by atoms with Crippen molar-refractivity contribution in [2.75, 3.05) is 62.7 Å². The maximum Gasteiger partial charge on any atom is 0.294 e. The van der Waals surface area contributed by atoms with Gasteiger partial charge in [-0.2, -0.15) is 21.9 Å². The van der Waals surface area contributed by atoms with Crippen LogP contribution in [0, 0.1) is 24.5 Å². The molecule has 0 bridgehead atoms. The minimum absolute atomic E-state index is 0.0113. The molecular weight excluding hydrogens is 1620 g/mol. The number of rotatable bonds is 31. The summed E-state index contributed by atoms with van der Waals surface area (Å²) in [4.78, 5) is 59.7. The van der Waals surface area contributed by atoms with Crippen LogP contribution in [0.5, 0.6) is 5.75 Å². The fourth-order valence-electron chi connectivity index (χ4n) is 18.5. The molecule has 1 aliphatic carbocycles. The number of ether oxygens (including phenoxy) is 1. The first-order valence-electron chi connectivity index (χ1n) is 42.9. The highest BCUT2D eigenvalue weighted by molar-refractivity contribution is 7.89. The fraction of sp³-hybridized carbons (Fsp3) is 0.313. The van der Waals surface area contributed by atoms with Crippen molar-refractivity contribution in [2.45, 2.75) is 151 Å². The first kappa shape index (κ1) is 86.3. The highest BCUT2D eigenvalue weighted by Gasteiger charge is 2.45. The minimum atomic E-state index is -4.36. The summed E-state index contributed by atoms with van der Waals surface area (Å²) in [5.74, 6) is -4.39. The van der Waals surface area contributed by atoms with Crippen LogP contribution in [0.25, 0.3) is 39.1 Å². The standard InChI is InChI=1S/C99H101F2N11O11S2/c1-64-34-41-84-68(54-64)47-53-110(84)72-37-40-76-90(59-72)123-89-58-71(109-52-46-66-22-12-15-28-83(66)109)36-39-75(89)95(76)77-25-13-17-30-91(77)124(117,118)108-50-44-67(45-51-108)87(113)43-35-65-55-80(100)96(81(101)56-65)122-63-88(114)82(27-18-19-48-102)104-97(116)69-23-21-24-73(57-69)112-62-70(105-106-112)61-103-94(115)33-11-8-20-49-111-86-29-16-14-26-78(86)98(2,3)93(111)32-10-7-9-31-92-99(4,5)79-60-74(125(119,120)121)38-42-85(79)107(92)6/h7,9-10,12-17,21-26,28-32,34,36-42,54-60,62,67,82H,8,11,18-20,27,33,35,43-53,61,63,102H2,1-6H3,(H-2,103,104,115,116,119,120,121)/p+2/t82-/m0/s1. The molecule has 6 aliphatic heterocycles. The average Bonchev–Trinajstić information content (AvgIpc) is 1.73. The van der Waals surface area contributed by atoms with E-state index >= 15 is 17.2 Å². The van der Waals surface area contributed by atoms with Crippen molar-refractivity contribution in [1.82, 2.24) is 34.5 Å². The van der Waals surface area contributed by atoms with Gasteiger partial charge in [0.1, 0.15) is 36.5 Å². The molecule has 2 amide bonds. The van der Waals surface area contributed by atoms with E-state index in [0.717, 1.165) is 125 Å². The number of nitrogens with one attached hydrogen (secondary N) is 2. The number of allylic oxidation sites excluding steroid dienone is 6. The van der Waals surface area contributed by atoms with Gasteiger partial charge in [0.05, 0.1) is 45.7 Å². The molecule has 26 heteroatoms. The number of unbranched alkanes of at least 4 members (excludes halogenated alkanes) is 3.